The molecule has 2 aliphatic rings. The van der Waals surface area contributed by atoms with Gasteiger partial charge in [-0.3, -0.25) is 9.59 Å². The molecular formula is C21H18FN3O4S. The number of fused-ring (bicyclic) bond motifs is 2. The molecule has 0 radical (unpaired) electrons. The molecule has 154 valence electrons. The second-order valence-corrected chi connectivity index (χ2v) is 8.65. The highest BCUT2D eigenvalue weighted by molar-refractivity contribution is 7.18. The van der Waals surface area contributed by atoms with Crippen molar-refractivity contribution in [3.8, 4) is 11.5 Å². The normalized spacial score (nSPS) is 15.9. The first-order chi connectivity index (χ1) is 14.5. The van der Waals surface area contributed by atoms with E-state index in [1.54, 1.807) is 16.2 Å². The number of aryl methyl sites for hydroxylation is 1. The Balaban J connectivity index is 1.19. The van der Waals surface area contributed by atoms with Crippen molar-refractivity contribution < 1.29 is 23.5 Å². The van der Waals surface area contributed by atoms with Crippen LogP contribution in [0, 0.1) is 18.7 Å². The first-order valence-electron chi connectivity index (χ1n) is 9.52. The molecule has 7 nitrogen and oxygen atoms in total. The molecule has 3 heterocycles. The van der Waals surface area contributed by atoms with Crippen molar-refractivity contribution in [1.82, 2.24) is 9.88 Å². The van der Waals surface area contributed by atoms with E-state index in [1.165, 1.54) is 6.07 Å². The molecule has 9 heteroatoms. The molecule has 0 unspecified atom stereocenters. The number of nitrogens with zero attached hydrogens (tertiary/aromatic N) is 2. The van der Waals surface area contributed by atoms with Gasteiger partial charge in [0.25, 0.3) is 11.8 Å². The van der Waals surface area contributed by atoms with Crippen LogP contribution in [0.5, 0.6) is 11.5 Å². The van der Waals surface area contributed by atoms with E-state index in [2.05, 4.69) is 10.3 Å². The Labute approximate surface area is 175 Å². The summed E-state index contributed by atoms with van der Waals surface area (Å²) in [5, 5.41) is 3.60. The minimum absolute atomic E-state index is 0.0788. The molecule has 1 fully saturated rings. The molecule has 30 heavy (non-hydrogen) atoms. The van der Waals surface area contributed by atoms with Crippen molar-refractivity contribution in [2.45, 2.75) is 6.92 Å². The zero-order valence-corrected chi connectivity index (χ0v) is 16.9. The molecule has 0 bridgehead atoms. The van der Waals surface area contributed by atoms with E-state index >= 15 is 0 Å². The summed E-state index contributed by atoms with van der Waals surface area (Å²) in [6.07, 6.45) is 0. The monoisotopic (exact) mass is 427 g/mol. The van der Waals surface area contributed by atoms with Gasteiger partial charge in [0.15, 0.2) is 6.61 Å². The molecule has 5 rings (SSSR count). The van der Waals surface area contributed by atoms with Gasteiger partial charge in [-0.2, -0.15) is 0 Å². The maximum absolute atomic E-state index is 14.4. The van der Waals surface area contributed by atoms with Crippen LogP contribution in [-0.4, -0.2) is 48.0 Å². The molecule has 0 atom stereocenters. The number of carbonyl (C=O) groups excluding carboxylic acids is 2. The first kappa shape index (κ1) is 18.8. The number of hydrogen-bond donors (Lipinski definition) is 1. The van der Waals surface area contributed by atoms with Gasteiger partial charge >= 0.3 is 0 Å². The Morgan fingerprint density at radius 2 is 2.20 bits per heavy atom. The topological polar surface area (TPSA) is 80.8 Å². The van der Waals surface area contributed by atoms with E-state index < -0.39 is 11.7 Å². The molecule has 1 saturated heterocycles. The molecular weight excluding hydrogens is 409 g/mol. The Bertz CT molecular complexity index is 1170. The van der Waals surface area contributed by atoms with Crippen LogP contribution in [0.15, 0.2) is 30.3 Å². The van der Waals surface area contributed by atoms with Gasteiger partial charge in [0, 0.05) is 25.1 Å². The molecule has 0 saturated carbocycles. The van der Waals surface area contributed by atoms with Crippen LogP contribution in [0.1, 0.15) is 15.4 Å². The quantitative estimate of drug-likeness (QED) is 0.692. The summed E-state index contributed by atoms with van der Waals surface area (Å²) in [5.41, 5.74) is 1.19. The van der Waals surface area contributed by atoms with E-state index in [0.29, 0.717) is 25.4 Å². The fourth-order valence-corrected chi connectivity index (χ4v) is 4.46. The third kappa shape index (κ3) is 3.45. The molecule has 1 N–H and O–H groups in total. The Hall–Kier alpha value is -3.20. The number of nitrogens with one attached hydrogen (secondary N) is 1. The van der Waals surface area contributed by atoms with Crippen molar-refractivity contribution >= 4 is 39.1 Å². The molecule has 2 aromatic carbocycles. The lowest BCUT2D eigenvalue weighted by Gasteiger charge is -2.39. The predicted octanol–water partition coefficient (Wildman–Crippen LogP) is 3.23. The van der Waals surface area contributed by atoms with Crippen LogP contribution in [0.2, 0.25) is 0 Å². The fraction of sp³-hybridized carbons (Fsp3) is 0.286. The van der Waals surface area contributed by atoms with Gasteiger partial charge < -0.3 is 19.7 Å². The Morgan fingerprint density at radius 3 is 3.03 bits per heavy atom. The number of carbonyl (C=O) groups is 2. The zero-order chi connectivity index (χ0) is 20.8. The number of thiazole rings is 1. The first-order valence-corrected chi connectivity index (χ1v) is 10.3. The lowest BCUT2D eigenvalue weighted by Crippen LogP contribution is -2.52. The summed E-state index contributed by atoms with van der Waals surface area (Å²) in [4.78, 5) is 30.1. The van der Waals surface area contributed by atoms with Crippen molar-refractivity contribution in [2.24, 2.45) is 5.92 Å². The maximum atomic E-state index is 14.4. The molecule has 0 aliphatic carbocycles. The third-order valence-corrected chi connectivity index (χ3v) is 6.06. The van der Waals surface area contributed by atoms with E-state index in [-0.39, 0.29) is 29.7 Å². The molecule has 2 aliphatic heterocycles. The summed E-state index contributed by atoms with van der Waals surface area (Å²) in [7, 11) is 0. The standard InChI is InChI=1S/C21H18FN3O4S/c1-11-23-16-3-2-13(4-19(16)30-11)28-9-12-7-25(8-12)21(27)14-5-17-18(6-15(14)22)29-10-20(26)24-17/h2-6,12H,7-10H2,1H3,(H,24,26). The molecule has 3 aromatic rings. The van der Waals surface area contributed by atoms with Crippen molar-refractivity contribution in [3.05, 3.63) is 46.7 Å². The summed E-state index contributed by atoms with van der Waals surface area (Å²) in [6, 6.07) is 8.27. The highest BCUT2D eigenvalue weighted by Crippen LogP contribution is 2.32. The number of halogens is 1. The second kappa shape index (κ2) is 7.24. The van der Waals surface area contributed by atoms with Crippen LogP contribution < -0.4 is 14.8 Å². The fourth-order valence-electron chi connectivity index (χ4n) is 3.60. The third-order valence-electron chi connectivity index (χ3n) is 5.13. The molecule has 1 aromatic heterocycles. The largest absolute Gasteiger partial charge is 0.493 e. The van der Waals surface area contributed by atoms with Crippen molar-refractivity contribution in [1.29, 1.82) is 0 Å². The minimum Gasteiger partial charge on any atom is -0.493 e. The predicted molar refractivity (Wildman–Crippen MR) is 110 cm³/mol. The highest BCUT2D eigenvalue weighted by atomic mass is 32.1. The number of hydrogen-bond acceptors (Lipinski definition) is 6. The number of aromatic nitrogens is 1. The van der Waals surface area contributed by atoms with Gasteiger partial charge in [-0.05, 0) is 31.2 Å². The zero-order valence-electron chi connectivity index (χ0n) is 16.1. The Kier molecular flexibility index (Phi) is 4.54. The average molecular weight is 427 g/mol. The number of likely N-dealkylation sites (tertiary alicyclic amines) is 1. The van der Waals surface area contributed by atoms with Crippen LogP contribution in [-0.2, 0) is 4.79 Å². The van der Waals surface area contributed by atoms with E-state index in [9.17, 15) is 14.0 Å². The van der Waals surface area contributed by atoms with Crippen LogP contribution in [0.3, 0.4) is 0 Å². The summed E-state index contributed by atoms with van der Waals surface area (Å²) in [5.74, 6) is -0.230. The maximum Gasteiger partial charge on any atom is 0.262 e. The van der Waals surface area contributed by atoms with Gasteiger partial charge in [0.05, 0.1) is 33.1 Å². The SMILES string of the molecule is Cc1nc2ccc(OCC3CN(C(=O)c4cc5c(cc4F)OCC(=O)N5)C3)cc2s1. The lowest BCUT2D eigenvalue weighted by atomic mass is 9.99. The highest BCUT2D eigenvalue weighted by Gasteiger charge is 2.33. The number of amides is 2. The Morgan fingerprint density at radius 1 is 1.37 bits per heavy atom. The number of ether oxygens (including phenoxy) is 2. The molecule has 2 amide bonds. The smallest absolute Gasteiger partial charge is 0.262 e. The van der Waals surface area contributed by atoms with Crippen LogP contribution in [0.4, 0.5) is 10.1 Å². The van der Waals surface area contributed by atoms with Gasteiger partial charge in [-0.15, -0.1) is 11.3 Å². The summed E-state index contributed by atoms with van der Waals surface area (Å²) in [6.45, 7) is 3.25. The summed E-state index contributed by atoms with van der Waals surface area (Å²) >= 11 is 1.62. The van der Waals surface area contributed by atoms with Gasteiger partial charge in [0.2, 0.25) is 0 Å². The minimum atomic E-state index is -0.664. The van der Waals surface area contributed by atoms with Gasteiger partial charge in [-0.25, -0.2) is 9.37 Å². The number of rotatable bonds is 4. The van der Waals surface area contributed by atoms with Crippen LogP contribution in [0.25, 0.3) is 10.2 Å². The van der Waals surface area contributed by atoms with Crippen molar-refractivity contribution in [3.63, 3.8) is 0 Å². The van der Waals surface area contributed by atoms with E-state index in [4.69, 9.17) is 9.47 Å². The van der Waals surface area contributed by atoms with Crippen LogP contribution >= 0.6 is 11.3 Å². The lowest BCUT2D eigenvalue weighted by molar-refractivity contribution is -0.118. The van der Waals surface area contributed by atoms with Gasteiger partial charge in [0.1, 0.15) is 17.3 Å². The molecule has 0 spiro atoms. The summed E-state index contributed by atoms with van der Waals surface area (Å²) < 4.78 is 26.5. The van der Waals surface area contributed by atoms with Crippen molar-refractivity contribution in [2.75, 3.05) is 31.6 Å². The van der Waals surface area contributed by atoms with E-state index in [0.717, 1.165) is 27.0 Å². The number of benzene rings is 2. The van der Waals surface area contributed by atoms with E-state index in [1.807, 2.05) is 25.1 Å². The second-order valence-electron chi connectivity index (χ2n) is 7.41. The van der Waals surface area contributed by atoms with Gasteiger partial charge in [-0.1, -0.05) is 0 Å². The average Bonchev–Trinajstić information content (AvgIpc) is 3.05. The number of anilines is 1.